The maximum Gasteiger partial charge on any atom is 0.416 e. The normalized spacial score (nSPS) is 11.3. The highest BCUT2D eigenvalue weighted by molar-refractivity contribution is 5.95. The lowest BCUT2D eigenvalue weighted by molar-refractivity contribution is -0.137. The average Bonchev–Trinajstić information content (AvgIpc) is 2.67. The van der Waals surface area contributed by atoms with Gasteiger partial charge in [-0.25, -0.2) is 0 Å². The van der Waals surface area contributed by atoms with Gasteiger partial charge in [-0.2, -0.15) is 13.2 Å². The highest BCUT2D eigenvalue weighted by Gasteiger charge is 2.32. The number of halogens is 3. The van der Waals surface area contributed by atoms with Crippen molar-refractivity contribution in [3.8, 4) is 11.1 Å². The Labute approximate surface area is 161 Å². The monoisotopic (exact) mass is 384 g/mol. The predicted octanol–water partition coefficient (Wildman–Crippen LogP) is 5.31. The third-order valence-electron chi connectivity index (χ3n) is 4.33. The topological polar surface area (TPSA) is 42.0 Å². The first-order valence-corrected chi connectivity index (χ1v) is 8.71. The third kappa shape index (κ3) is 4.76. The van der Waals surface area contributed by atoms with Gasteiger partial charge in [-0.05, 0) is 54.8 Å². The molecule has 28 heavy (non-hydrogen) atoms. The molecule has 0 radical (unpaired) electrons. The molecule has 1 N–H and O–H groups in total. The summed E-state index contributed by atoms with van der Waals surface area (Å²) in [6.07, 6.45) is -2.92. The molecule has 6 heteroatoms. The minimum Gasteiger partial charge on any atom is -0.348 e. The van der Waals surface area contributed by atoms with Crippen LogP contribution in [0.3, 0.4) is 0 Å². The van der Waals surface area contributed by atoms with Crippen LogP contribution < -0.4 is 5.32 Å². The van der Waals surface area contributed by atoms with Crippen molar-refractivity contribution in [1.29, 1.82) is 0 Å². The fourth-order valence-electron chi connectivity index (χ4n) is 2.72. The Balaban J connectivity index is 1.90. The van der Waals surface area contributed by atoms with Crippen molar-refractivity contribution in [2.75, 3.05) is 0 Å². The number of hydrogen-bond donors (Lipinski definition) is 1. The molecule has 0 unspecified atom stereocenters. The zero-order valence-corrected chi connectivity index (χ0v) is 15.5. The molecule has 0 aliphatic rings. The van der Waals surface area contributed by atoms with Crippen molar-refractivity contribution in [3.05, 3.63) is 88.7 Å². The standard InChI is InChI=1S/C22H19F3N2O/c1-14-3-7-17(8-4-14)18-9-19(11-20(10-18)22(23,24)25)21(28)27-13-16-6-5-15(2)26-12-16/h3-12H,13H2,1-2H3,(H,27,28). The Morgan fingerprint density at radius 1 is 0.964 bits per heavy atom. The van der Waals surface area contributed by atoms with Gasteiger partial charge < -0.3 is 5.32 Å². The number of rotatable bonds is 4. The van der Waals surface area contributed by atoms with Crippen LogP contribution in [0.4, 0.5) is 13.2 Å². The lowest BCUT2D eigenvalue weighted by Gasteiger charge is -2.13. The van der Waals surface area contributed by atoms with Crippen LogP contribution in [0.1, 0.15) is 32.7 Å². The molecule has 0 spiro atoms. The van der Waals surface area contributed by atoms with E-state index in [0.717, 1.165) is 29.0 Å². The molecule has 3 aromatic rings. The molecule has 0 atom stereocenters. The van der Waals surface area contributed by atoms with E-state index < -0.39 is 17.6 Å². The van der Waals surface area contributed by atoms with E-state index in [2.05, 4.69) is 10.3 Å². The molecule has 0 bridgehead atoms. The van der Waals surface area contributed by atoms with Crippen LogP contribution in [-0.2, 0) is 12.7 Å². The fraction of sp³-hybridized carbons (Fsp3) is 0.182. The van der Waals surface area contributed by atoms with Crippen molar-refractivity contribution in [2.24, 2.45) is 0 Å². The van der Waals surface area contributed by atoms with Gasteiger partial charge in [-0.15, -0.1) is 0 Å². The largest absolute Gasteiger partial charge is 0.416 e. The van der Waals surface area contributed by atoms with E-state index >= 15 is 0 Å². The molecule has 0 aliphatic heterocycles. The smallest absolute Gasteiger partial charge is 0.348 e. The van der Waals surface area contributed by atoms with Crippen LogP contribution >= 0.6 is 0 Å². The second kappa shape index (κ2) is 7.84. The van der Waals surface area contributed by atoms with Gasteiger partial charge in [-0.3, -0.25) is 9.78 Å². The molecule has 0 fully saturated rings. The highest BCUT2D eigenvalue weighted by Crippen LogP contribution is 2.33. The average molecular weight is 384 g/mol. The summed E-state index contributed by atoms with van der Waals surface area (Å²) in [7, 11) is 0. The van der Waals surface area contributed by atoms with Crippen molar-refractivity contribution in [2.45, 2.75) is 26.6 Å². The van der Waals surface area contributed by atoms with E-state index in [1.807, 2.05) is 32.0 Å². The van der Waals surface area contributed by atoms with Crippen LogP contribution in [0.5, 0.6) is 0 Å². The van der Waals surface area contributed by atoms with E-state index in [1.165, 1.54) is 6.07 Å². The van der Waals surface area contributed by atoms with Crippen LogP contribution in [0.15, 0.2) is 60.8 Å². The summed E-state index contributed by atoms with van der Waals surface area (Å²) in [5, 5.41) is 2.65. The summed E-state index contributed by atoms with van der Waals surface area (Å²) in [5.41, 5.74) is 2.68. The number of pyridine rings is 1. The summed E-state index contributed by atoms with van der Waals surface area (Å²) in [6.45, 7) is 3.93. The lowest BCUT2D eigenvalue weighted by atomic mass is 9.98. The molecule has 1 aromatic heterocycles. The SMILES string of the molecule is Cc1ccc(-c2cc(C(=O)NCc3ccc(C)nc3)cc(C(F)(F)F)c2)cc1. The van der Waals surface area contributed by atoms with E-state index in [9.17, 15) is 18.0 Å². The summed E-state index contributed by atoms with van der Waals surface area (Å²) in [6, 6.07) is 14.1. The number of amides is 1. The summed E-state index contributed by atoms with van der Waals surface area (Å²) >= 11 is 0. The first-order valence-electron chi connectivity index (χ1n) is 8.71. The Morgan fingerprint density at radius 2 is 1.68 bits per heavy atom. The third-order valence-corrected chi connectivity index (χ3v) is 4.33. The maximum atomic E-state index is 13.3. The van der Waals surface area contributed by atoms with Gasteiger partial charge in [0.1, 0.15) is 0 Å². The number of benzene rings is 2. The number of nitrogens with one attached hydrogen (secondary N) is 1. The van der Waals surface area contributed by atoms with Gasteiger partial charge in [0.25, 0.3) is 5.91 Å². The van der Waals surface area contributed by atoms with E-state index in [0.29, 0.717) is 11.1 Å². The Bertz CT molecular complexity index is 978. The number of carbonyl (C=O) groups is 1. The van der Waals surface area contributed by atoms with E-state index in [1.54, 1.807) is 24.4 Å². The molecule has 0 saturated heterocycles. The molecular weight excluding hydrogens is 365 g/mol. The molecule has 0 saturated carbocycles. The van der Waals surface area contributed by atoms with E-state index in [4.69, 9.17) is 0 Å². The van der Waals surface area contributed by atoms with Crippen molar-refractivity contribution in [3.63, 3.8) is 0 Å². The summed E-state index contributed by atoms with van der Waals surface area (Å²) in [4.78, 5) is 16.6. The molecule has 0 aliphatic carbocycles. The van der Waals surface area contributed by atoms with Gasteiger partial charge in [0.2, 0.25) is 0 Å². The summed E-state index contributed by atoms with van der Waals surface area (Å²) in [5.74, 6) is -0.569. The van der Waals surface area contributed by atoms with Crippen molar-refractivity contribution >= 4 is 5.91 Å². The Morgan fingerprint density at radius 3 is 2.29 bits per heavy atom. The summed E-state index contributed by atoms with van der Waals surface area (Å²) < 4.78 is 40.0. The fourth-order valence-corrected chi connectivity index (χ4v) is 2.72. The van der Waals surface area contributed by atoms with Crippen molar-refractivity contribution in [1.82, 2.24) is 10.3 Å². The number of aromatic nitrogens is 1. The molecule has 3 rings (SSSR count). The van der Waals surface area contributed by atoms with Gasteiger partial charge in [0, 0.05) is 24.0 Å². The number of hydrogen-bond acceptors (Lipinski definition) is 2. The highest BCUT2D eigenvalue weighted by atomic mass is 19.4. The number of nitrogens with zero attached hydrogens (tertiary/aromatic N) is 1. The predicted molar refractivity (Wildman–Crippen MR) is 102 cm³/mol. The molecule has 2 aromatic carbocycles. The second-order valence-electron chi connectivity index (χ2n) is 6.65. The first kappa shape index (κ1) is 19.6. The molecule has 3 nitrogen and oxygen atoms in total. The van der Waals surface area contributed by atoms with Crippen LogP contribution in [0.25, 0.3) is 11.1 Å². The first-order chi connectivity index (χ1) is 13.2. The minimum absolute atomic E-state index is 0.0366. The van der Waals surface area contributed by atoms with Gasteiger partial charge in [-0.1, -0.05) is 35.9 Å². The minimum atomic E-state index is -4.55. The zero-order valence-electron chi connectivity index (χ0n) is 15.5. The van der Waals surface area contributed by atoms with Gasteiger partial charge in [0.15, 0.2) is 0 Å². The number of alkyl halides is 3. The van der Waals surface area contributed by atoms with Crippen molar-refractivity contribution < 1.29 is 18.0 Å². The number of carbonyl (C=O) groups excluding carboxylic acids is 1. The Hall–Kier alpha value is -3.15. The van der Waals surface area contributed by atoms with Crippen LogP contribution in [0.2, 0.25) is 0 Å². The Kier molecular flexibility index (Phi) is 5.49. The molecular formula is C22H19F3N2O. The maximum absolute atomic E-state index is 13.3. The lowest BCUT2D eigenvalue weighted by Crippen LogP contribution is -2.23. The quantitative estimate of drug-likeness (QED) is 0.662. The van der Waals surface area contributed by atoms with Gasteiger partial charge >= 0.3 is 6.18 Å². The molecule has 144 valence electrons. The van der Waals surface area contributed by atoms with Crippen LogP contribution in [0, 0.1) is 13.8 Å². The number of aryl methyl sites for hydroxylation is 2. The molecule has 1 amide bonds. The zero-order chi connectivity index (χ0) is 20.3. The van der Waals surface area contributed by atoms with Crippen LogP contribution in [-0.4, -0.2) is 10.9 Å². The van der Waals surface area contributed by atoms with Gasteiger partial charge in [0.05, 0.1) is 5.56 Å². The second-order valence-corrected chi connectivity index (χ2v) is 6.65. The molecule has 1 heterocycles. The van der Waals surface area contributed by atoms with E-state index in [-0.39, 0.29) is 12.1 Å².